The van der Waals surface area contributed by atoms with Crippen LogP contribution in [0.25, 0.3) is 0 Å². The van der Waals surface area contributed by atoms with Crippen LogP contribution >= 0.6 is 0 Å². The molecule has 1 saturated heterocycles. The number of piperazine rings is 1. The molecule has 4 heteroatoms. The van der Waals surface area contributed by atoms with Gasteiger partial charge in [-0.3, -0.25) is 9.59 Å². The van der Waals surface area contributed by atoms with Crippen molar-refractivity contribution in [3.05, 3.63) is 47.7 Å². The number of ketones is 1. The van der Waals surface area contributed by atoms with Gasteiger partial charge in [0.15, 0.2) is 5.78 Å². The molecule has 0 spiro atoms. The Morgan fingerprint density at radius 2 is 2.11 bits per heavy atom. The largest absolute Gasteiger partial charge is 0.378 e. The van der Waals surface area contributed by atoms with Gasteiger partial charge in [0, 0.05) is 25.1 Å². The van der Waals surface area contributed by atoms with E-state index in [1.807, 2.05) is 37.3 Å². The number of carbonyl (C=O) groups excluding carboxylic acids is 2. The number of benzene rings is 1. The van der Waals surface area contributed by atoms with Gasteiger partial charge < -0.3 is 10.6 Å². The van der Waals surface area contributed by atoms with Gasteiger partial charge in [-0.05, 0) is 18.9 Å². The van der Waals surface area contributed by atoms with Gasteiger partial charge in [0.2, 0.25) is 0 Å². The van der Waals surface area contributed by atoms with E-state index in [4.69, 9.17) is 0 Å². The SMILES string of the molecule is CC1CNC(=CC(=O)CCc2ccccc2)C(=O)N1. The van der Waals surface area contributed by atoms with Gasteiger partial charge >= 0.3 is 0 Å². The maximum atomic E-state index is 11.8. The van der Waals surface area contributed by atoms with Crippen molar-refractivity contribution in [1.29, 1.82) is 0 Å². The average molecular weight is 258 g/mol. The van der Waals surface area contributed by atoms with E-state index in [0.717, 1.165) is 5.56 Å². The second-order valence-electron chi connectivity index (χ2n) is 4.77. The molecule has 100 valence electrons. The first kappa shape index (κ1) is 13.3. The van der Waals surface area contributed by atoms with Crippen LogP contribution in [-0.2, 0) is 16.0 Å². The Morgan fingerprint density at radius 3 is 2.79 bits per heavy atom. The highest BCUT2D eigenvalue weighted by molar-refractivity contribution is 6.01. The quantitative estimate of drug-likeness (QED) is 0.797. The molecular formula is C15H18N2O2. The standard InChI is InChI=1S/C15H18N2O2/c1-11-10-16-14(15(19)17-11)9-13(18)8-7-12-5-3-2-4-6-12/h2-6,9,11,16H,7-8,10H2,1H3,(H,17,19). The summed E-state index contributed by atoms with van der Waals surface area (Å²) in [6.45, 7) is 2.57. The molecule has 2 N–H and O–H groups in total. The maximum Gasteiger partial charge on any atom is 0.267 e. The van der Waals surface area contributed by atoms with E-state index in [1.165, 1.54) is 6.08 Å². The van der Waals surface area contributed by atoms with Crippen LogP contribution in [0.15, 0.2) is 42.1 Å². The molecule has 0 aliphatic carbocycles. The minimum Gasteiger partial charge on any atom is -0.378 e. The zero-order chi connectivity index (χ0) is 13.7. The van der Waals surface area contributed by atoms with E-state index in [0.29, 0.717) is 25.1 Å². The first-order valence-electron chi connectivity index (χ1n) is 6.48. The summed E-state index contributed by atoms with van der Waals surface area (Å²) in [4.78, 5) is 23.4. The van der Waals surface area contributed by atoms with Gasteiger partial charge in [0.05, 0.1) is 0 Å². The topological polar surface area (TPSA) is 58.2 Å². The second-order valence-corrected chi connectivity index (χ2v) is 4.77. The average Bonchev–Trinajstić information content (AvgIpc) is 2.41. The zero-order valence-electron chi connectivity index (χ0n) is 11.0. The first-order valence-corrected chi connectivity index (χ1v) is 6.48. The van der Waals surface area contributed by atoms with Crippen molar-refractivity contribution in [2.75, 3.05) is 6.54 Å². The number of carbonyl (C=O) groups is 2. The molecule has 1 aromatic rings. The summed E-state index contributed by atoms with van der Waals surface area (Å²) in [7, 11) is 0. The minimum atomic E-state index is -0.202. The number of hydrogen-bond donors (Lipinski definition) is 2. The fourth-order valence-corrected chi connectivity index (χ4v) is 1.96. The van der Waals surface area contributed by atoms with Crippen molar-refractivity contribution < 1.29 is 9.59 Å². The Balaban J connectivity index is 1.89. The molecule has 0 saturated carbocycles. The summed E-state index contributed by atoms with van der Waals surface area (Å²) in [5, 5.41) is 5.76. The molecule has 19 heavy (non-hydrogen) atoms. The molecule has 1 unspecified atom stereocenters. The smallest absolute Gasteiger partial charge is 0.267 e. The van der Waals surface area contributed by atoms with Crippen LogP contribution in [0.1, 0.15) is 18.9 Å². The predicted octanol–water partition coefficient (Wildman–Crippen LogP) is 1.18. The molecule has 0 aromatic heterocycles. The number of allylic oxidation sites excluding steroid dienone is 1. The maximum absolute atomic E-state index is 11.8. The fraction of sp³-hybridized carbons (Fsp3) is 0.333. The third-order valence-corrected chi connectivity index (χ3v) is 3.03. The monoisotopic (exact) mass is 258 g/mol. The number of amides is 1. The fourth-order valence-electron chi connectivity index (χ4n) is 1.96. The van der Waals surface area contributed by atoms with E-state index in [2.05, 4.69) is 10.6 Å². The number of hydrogen-bond acceptors (Lipinski definition) is 3. The molecule has 1 aliphatic rings. The third-order valence-electron chi connectivity index (χ3n) is 3.03. The van der Waals surface area contributed by atoms with Gasteiger partial charge in [-0.25, -0.2) is 0 Å². The highest BCUT2D eigenvalue weighted by Crippen LogP contribution is 2.05. The Kier molecular flexibility index (Phi) is 4.34. The molecule has 4 nitrogen and oxygen atoms in total. The van der Waals surface area contributed by atoms with Crippen LogP contribution in [0, 0.1) is 0 Å². The van der Waals surface area contributed by atoms with Gasteiger partial charge in [0.25, 0.3) is 5.91 Å². The van der Waals surface area contributed by atoms with Crippen LogP contribution in [0.3, 0.4) is 0 Å². The molecule has 2 rings (SSSR count). The molecule has 1 amide bonds. The lowest BCUT2D eigenvalue weighted by Gasteiger charge is -2.23. The number of nitrogens with one attached hydrogen (secondary N) is 2. The predicted molar refractivity (Wildman–Crippen MR) is 73.5 cm³/mol. The van der Waals surface area contributed by atoms with Crippen LogP contribution < -0.4 is 10.6 Å². The van der Waals surface area contributed by atoms with Crippen LogP contribution in [0.4, 0.5) is 0 Å². The first-order chi connectivity index (χ1) is 9.15. The highest BCUT2D eigenvalue weighted by atomic mass is 16.2. The summed E-state index contributed by atoms with van der Waals surface area (Å²) in [5.41, 5.74) is 1.50. The summed E-state index contributed by atoms with van der Waals surface area (Å²) in [6, 6.07) is 9.95. The highest BCUT2D eigenvalue weighted by Gasteiger charge is 2.19. The Morgan fingerprint density at radius 1 is 1.37 bits per heavy atom. The zero-order valence-corrected chi connectivity index (χ0v) is 11.0. The van der Waals surface area contributed by atoms with Gasteiger partial charge in [0.1, 0.15) is 5.70 Å². The van der Waals surface area contributed by atoms with Crippen LogP contribution in [-0.4, -0.2) is 24.3 Å². The number of rotatable bonds is 4. The molecule has 0 radical (unpaired) electrons. The molecule has 1 aliphatic heterocycles. The Labute approximate surface area is 112 Å². The molecule has 1 heterocycles. The van der Waals surface area contributed by atoms with Gasteiger partial charge in [-0.1, -0.05) is 30.3 Å². The molecule has 1 aromatic carbocycles. The van der Waals surface area contributed by atoms with E-state index in [9.17, 15) is 9.59 Å². The molecular weight excluding hydrogens is 240 g/mol. The minimum absolute atomic E-state index is 0.0314. The van der Waals surface area contributed by atoms with Crippen molar-refractivity contribution in [3.63, 3.8) is 0 Å². The lowest BCUT2D eigenvalue weighted by molar-refractivity contribution is -0.120. The van der Waals surface area contributed by atoms with Crippen molar-refractivity contribution in [3.8, 4) is 0 Å². The lowest BCUT2D eigenvalue weighted by atomic mass is 10.1. The number of aryl methyl sites for hydroxylation is 1. The van der Waals surface area contributed by atoms with Crippen LogP contribution in [0.5, 0.6) is 0 Å². The van der Waals surface area contributed by atoms with Crippen molar-refractivity contribution in [1.82, 2.24) is 10.6 Å². The van der Waals surface area contributed by atoms with Crippen LogP contribution in [0.2, 0.25) is 0 Å². The van der Waals surface area contributed by atoms with Gasteiger partial charge in [-0.2, -0.15) is 0 Å². The molecule has 0 bridgehead atoms. The van der Waals surface area contributed by atoms with Crippen molar-refractivity contribution in [2.45, 2.75) is 25.8 Å². The van der Waals surface area contributed by atoms with E-state index in [-0.39, 0.29) is 17.7 Å². The summed E-state index contributed by atoms with van der Waals surface area (Å²) >= 11 is 0. The Bertz CT molecular complexity index is 494. The second kappa shape index (κ2) is 6.18. The van der Waals surface area contributed by atoms with E-state index >= 15 is 0 Å². The van der Waals surface area contributed by atoms with E-state index < -0.39 is 0 Å². The third kappa shape index (κ3) is 3.95. The lowest BCUT2D eigenvalue weighted by Crippen LogP contribution is -2.49. The van der Waals surface area contributed by atoms with Crippen molar-refractivity contribution in [2.24, 2.45) is 0 Å². The summed E-state index contributed by atoms with van der Waals surface area (Å²) < 4.78 is 0. The van der Waals surface area contributed by atoms with E-state index in [1.54, 1.807) is 0 Å². The van der Waals surface area contributed by atoms with Crippen molar-refractivity contribution >= 4 is 11.7 Å². The normalized spacial score (nSPS) is 20.8. The van der Waals surface area contributed by atoms with Gasteiger partial charge in [-0.15, -0.1) is 0 Å². The Hall–Kier alpha value is -2.10. The summed E-state index contributed by atoms with van der Waals surface area (Å²) in [6.07, 6.45) is 2.52. The summed E-state index contributed by atoms with van der Waals surface area (Å²) in [5.74, 6) is -0.233. The molecule has 1 fully saturated rings. The molecule has 1 atom stereocenters.